The lowest BCUT2D eigenvalue weighted by atomic mass is 10.1. The Morgan fingerprint density at radius 1 is 1.00 bits per heavy atom. The Kier molecular flexibility index (Phi) is 10.6. The van der Waals surface area contributed by atoms with Gasteiger partial charge in [0.05, 0.1) is 53.8 Å². The van der Waals surface area contributed by atoms with Gasteiger partial charge in [0.2, 0.25) is 0 Å². The number of carbonyl (C=O) groups excluding carboxylic acids is 2. The second kappa shape index (κ2) is 15.6. The molecule has 1 N–H and O–H groups in total. The molecule has 3 aliphatic rings. The summed E-state index contributed by atoms with van der Waals surface area (Å²) < 4.78 is 17.3. The number of nitrogens with zero attached hydrogens (tertiary/aromatic N) is 4. The minimum Gasteiger partial charge on any atom is -0.493 e. The van der Waals surface area contributed by atoms with E-state index in [0.717, 1.165) is 58.3 Å². The molecule has 0 spiro atoms. The number of anilines is 1. The molecule has 0 radical (unpaired) electrons. The van der Waals surface area contributed by atoms with Crippen LogP contribution in [0.25, 0.3) is 11.0 Å². The summed E-state index contributed by atoms with van der Waals surface area (Å²) in [6.07, 6.45) is 8.17. The highest BCUT2D eigenvalue weighted by molar-refractivity contribution is 6.31. The fraction of sp³-hybridized carbons (Fsp3) is 0.385. The first-order valence-corrected chi connectivity index (χ1v) is 18.0. The fourth-order valence-corrected chi connectivity index (χ4v) is 7.21. The van der Waals surface area contributed by atoms with E-state index in [2.05, 4.69) is 15.2 Å². The van der Waals surface area contributed by atoms with Gasteiger partial charge in [-0.2, -0.15) is 0 Å². The number of carbonyl (C=O) groups is 2. The van der Waals surface area contributed by atoms with E-state index in [1.165, 1.54) is 6.26 Å². The standard InChI is InChI=1S/C39H42ClN5O6/c1-49-35-21-31-33(42-24-28-8-7-14-45(28)39(31)48)22-36(35)50-19-6-2-5-13-43-15-17-44(18-16-43)38(47)30-20-27(40)11-12-32(30)41-23-26-25-51-34-10-4-3-9-29(34)37(26)46/h3-4,9-12,20-22,24-25,28,41H,2,5-8,13-19,23H2,1H3/t28-/m0/s1. The first-order valence-electron chi connectivity index (χ1n) is 17.6. The van der Waals surface area contributed by atoms with E-state index in [4.69, 9.17) is 25.5 Å². The van der Waals surface area contributed by atoms with Crippen LogP contribution >= 0.6 is 11.6 Å². The minimum atomic E-state index is -0.103. The summed E-state index contributed by atoms with van der Waals surface area (Å²) in [4.78, 5) is 50.5. The largest absolute Gasteiger partial charge is 0.493 e. The van der Waals surface area contributed by atoms with Crippen LogP contribution in [0.2, 0.25) is 5.02 Å². The van der Waals surface area contributed by atoms with Crippen molar-refractivity contribution < 1.29 is 23.5 Å². The van der Waals surface area contributed by atoms with Crippen molar-refractivity contribution in [3.63, 3.8) is 0 Å². The number of benzene rings is 3. The molecule has 0 aliphatic carbocycles. The number of halogens is 1. The molecular formula is C39H42ClN5O6. The molecule has 1 aromatic heterocycles. The topological polar surface area (TPSA) is 117 Å². The number of hydrogen-bond donors (Lipinski definition) is 1. The van der Waals surface area contributed by atoms with Gasteiger partial charge in [0.25, 0.3) is 11.8 Å². The summed E-state index contributed by atoms with van der Waals surface area (Å²) in [7, 11) is 1.59. The number of nitrogens with one attached hydrogen (secondary N) is 1. The zero-order valence-electron chi connectivity index (χ0n) is 28.7. The monoisotopic (exact) mass is 711 g/mol. The zero-order valence-corrected chi connectivity index (χ0v) is 29.5. The number of aliphatic imine (C=N–C) groups is 1. The molecule has 2 saturated heterocycles. The molecule has 11 nitrogen and oxygen atoms in total. The van der Waals surface area contributed by atoms with E-state index in [1.807, 2.05) is 34.2 Å². The molecule has 2 amide bonds. The van der Waals surface area contributed by atoms with Gasteiger partial charge >= 0.3 is 0 Å². The Morgan fingerprint density at radius 2 is 1.84 bits per heavy atom. The van der Waals surface area contributed by atoms with E-state index >= 15 is 0 Å². The molecule has 7 rings (SSSR count). The predicted octanol–water partition coefficient (Wildman–Crippen LogP) is 6.39. The second-order valence-corrected chi connectivity index (χ2v) is 13.6. The van der Waals surface area contributed by atoms with Gasteiger partial charge in [0.1, 0.15) is 5.58 Å². The van der Waals surface area contributed by atoms with Crippen LogP contribution in [0.5, 0.6) is 11.5 Å². The smallest absolute Gasteiger partial charge is 0.256 e. The maximum atomic E-state index is 13.7. The van der Waals surface area contributed by atoms with Crippen molar-refractivity contribution in [2.45, 2.75) is 44.7 Å². The third-order valence-electron chi connectivity index (χ3n) is 9.93. The SMILES string of the molecule is COc1cc2c(cc1OCCCCCN1CCN(C(=O)c3cc(Cl)ccc3NCc3coc4ccccc4c3=O)CC1)N=C[C@@H]1CCCN1C2=O. The van der Waals surface area contributed by atoms with Gasteiger partial charge in [-0.25, -0.2) is 0 Å². The number of rotatable bonds is 12. The van der Waals surface area contributed by atoms with Crippen molar-refractivity contribution in [2.75, 3.05) is 58.3 Å². The van der Waals surface area contributed by atoms with Crippen molar-refractivity contribution in [2.24, 2.45) is 4.99 Å². The Bertz CT molecular complexity index is 2010. The fourth-order valence-electron chi connectivity index (χ4n) is 7.04. The van der Waals surface area contributed by atoms with Crippen molar-refractivity contribution in [3.05, 3.63) is 92.8 Å². The molecule has 12 heteroatoms. The van der Waals surface area contributed by atoms with E-state index in [9.17, 15) is 14.4 Å². The Hall–Kier alpha value is -4.87. The van der Waals surface area contributed by atoms with Crippen LogP contribution < -0.4 is 20.2 Å². The van der Waals surface area contributed by atoms with Crippen LogP contribution in [-0.4, -0.2) is 91.8 Å². The van der Waals surface area contributed by atoms with Crippen molar-refractivity contribution in [1.29, 1.82) is 0 Å². The highest BCUT2D eigenvalue weighted by Crippen LogP contribution is 2.38. The number of hydrogen-bond acceptors (Lipinski definition) is 9. The van der Waals surface area contributed by atoms with Crippen LogP contribution in [0.4, 0.5) is 11.4 Å². The first-order chi connectivity index (χ1) is 24.9. The van der Waals surface area contributed by atoms with Crippen LogP contribution in [-0.2, 0) is 6.54 Å². The maximum Gasteiger partial charge on any atom is 0.256 e. The van der Waals surface area contributed by atoms with Gasteiger partial charge in [-0.1, -0.05) is 23.7 Å². The lowest BCUT2D eigenvalue weighted by molar-refractivity contribution is 0.0635. The number of unbranched alkanes of at least 4 members (excludes halogenated alkanes) is 2. The van der Waals surface area contributed by atoms with Gasteiger partial charge in [0, 0.05) is 62.3 Å². The van der Waals surface area contributed by atoms with E-state index in [-0.39, 0.29) is 29.8 Å². The molecule has 0 bridgehead atoms. The molecule has 2 fully saturated rings. The lowest BCUT2D eigenvalue weighted by Gasteiger charge is -2.35. The molecule has 0 saturated carbocycles. The summed E-state index contributed by atoms with van der Waals surface area (Å²) in [5, 5.41) is 4.26. The van der Waals surface area contributed by atoms with E-state index in [1.54, 1.807) is 43.5 Å². The van der Waals surface area contributed by atoms with Crippen LogP contribution in [0.15, 0.2) is 75.1 Å². The summed E-state index contributed by atoms with van der Waals surface area (Å²) in [6.45, 7) is 5.24. The number of ether oxygens (including phenoxy) is 2. The number of piperazine rings is 1. The molecule has 1 atom stereocenters. The minimum absolute atomic E-state index is 0.00380. The predicted molar refractivity (Wildman–Crippen MR) is 198 cm³/mol. The maximum absolute atomic E-state index is 13.7. The van der Waals surface area contributed by atoms with E-state index in [0.29, 0.717) is 75.3 Å². The summed E-state index contributed by atoms with van der Waals surface area (Å²) >= 11 is 6.32. The average molecular weight is 712 g/mol. The third kappa shape index (κ3) is 7.60. The van der Waals surface area contributed by atoms with Gasteiger partial charge < -0.3 is 29.0 Å². The highest BCUT2D eigenvalue weighted by Gasteiger charge is 2.32. The molecule has 3 aromatic carbocycles. The average Bonchev–Trinajstić information content (AvgIpc) is 3.59. The first kappa shape index (κ1) is 34.6. The van der Waals surface area contributed by atoms with Crippen LogP contribution in [0.3, 0.4) is 0 Å². The molecule has 3 aliphatic heterocycles. The normalized spacial score (nSPS) is 17.3. The highest BCUT2D eigenvalue weighted by atomic mass is 35.5. The zero-order chi connectivity index (χ0) is 35.3. The second-order valence-electron chi connectivity index (χ2n) is 13.2. The number of fused-ring (bicyclic) bond motifs is 3. The molecule has 4 aromatic rings. The van der Waals surface area contributed by atoms with Gasteiger partial charge in [0.15, 0.2) is 16.9 Å². The molecule has 0 unspecified atom stereocenters. The van der Waals surface area contributed by atoms with E-state index < -0.39 is 0 Å². The lowest BCUT2D eigenvalue weighted by Crippen LogP contribution is -2.49. The van der Waals surface area contributed by atoms with Gasteiger partial charge in [-0.15, -0.1) is 0 Å². The molecule has 4 heterocycles. The molecule has 51 heavy (non-hydrogen) atoms. The Balaban J connectivity index is 0.865. The third-order valence-corrected chi connectivity index (χ3v) is 10.2. The Labute approximate surface area is 301 Å². The number of methoxy groups -OCH3 is 1. The number of para-hydroxylation sites is 1. The van der Waals surface area contributed by atoms with Crippen molar-refractivity contribution in [1.82, 2.24) is 14.7 Å². The number of amides is 2. The summed E-state index contributed by atoms with van der Waals surface area (Å²) in [5.41, 5.74) is 3.19. The van der Waals surface area contributed by atoms with Crippen molar-refractivity contribution in [3.8, 4) is 11.5 Å². The Morgan fingerprint density at radius 3 is 2.69 bits per heavy atom. The van der Waals surface area contributed by atoms with Gasteiger partial charge in [-0.3, -0.25) is 24.3 Å². The summed E-state index contributed by atoms with van der Waals surface area (Å²) in [6, 6.07) is 16.0. The van der Waals surface area contributed by atoms with Crippen LogP contribution in [0.1, 0.15) is 58.4 Å². The van der Waals surface area contributed by atoms with Gasteiger partial charge in [-0.05, 0) is 75.0 Å². The quantitative estimate of drug-likeness (QED) is 0.168. The van der Waals surface area contributed by atoms with Crippen LogP contribution in [0, 0.1) is 0 Å². The molecule has 266 valence electrons. The summed E-state index contributed by atoms with van der Waals surface area (Å²) in [5.74, 6) is 1.05. The molecular weight excluding hydrogens is 670 g/mol. The van der Waals surface area contributed by atoms with Crippen molar-refractivity contribution >= 4 is 52.0 Å².